The van der Waals surface area contributed by atoms with Gasteiger partial charge in [0.15, 0.2) is 0 Å². The van der Waals surface area contributed by atoms with Crippen molar-refractivity contribution in [2.24, 2.45) is 0 Å². The highest BCUT2D eigenvalue weighted by atomic mass is 35.5. The molecular formula is C11H12ClN3OS. The van der Waals surface area contributed by atoms with Crippen LogP contribution in [0.1, 0.15) is 16.6 Å². The number of aromatic nitrogens is 2. The minimum atomic E-state index is -0.105. The smallest absolute Gasteiger partial charge is 0.237 e. The molecule has 2 rings (SSSR count). The summed E-state index contributed by atoms with van der Waals surface area (Å²) >= 11 is 7.72. The molecule has 0 radical (unpaired) electrons. The average molecular weight is 270 g/mol. The van der Waals surface area contributed by atoms with Crippen molar-refractivity contribution >= 4 is 22.9 Å². The van der Waals surface area contributed by atoms with E-state index in [1.165, 1.54) is 0 Å². The summed E-state index contributed by atoms with van der Waals surface area (Å²) < 4.78 is 5.21. The number of nitrogens with one attached hydrogen (secondary N) is 1. The third kappa shape index (κ3) is 2.41. The summed E-state index contributed by atoms with van der Waals surface area (Å²) in [6, 6.07) is 1.76. The number of ether oxygens (including phenoxy) is 1. The van der Waals surface area contributed by atoms with Crippen LogP contribution in [0.25, 0.3) is 0 Å². The molecule has 0 bridgehead atoms. The minimum absolute atomic E-state index is 0.105. The van der Waals surface area contributed by atoms with E-state index in [0.717, 1.165) is 15.6 Å². The van der Waals surface area contributed by atoms with Gasteiger partial charge < -0.3 is 10.1 Å². The highest BCUT2D eigenvalue weighted by Gasteiger charge is 2.22. The molecule has 4 nitrogen and oxygen atoms in total. The molecule has 1 atom stereocenters. The Labute approximate surface area is 109 Å². The molecule has 0 aliphatic heterocycles. The molecule has 0 amide bonds. The molecule has 0 spiro atoms. The topological polar surface area (TPSA) is 47.0 Å². The van der Waals surface area contributed by atoms with Crippen LogP contribution in [0.2, 0.25) is 5.02 Å². The van der Waals surface area contributed by atoms with E-state index in [2.05, 4.69) is 15.3 Å². The standard InChI is InChI=1S/C11H12ClN3OS/c1-13-8(10-7(12)3-6-17-10)9-11(16-2)15-5-4-14-9/h3-6,8,13H,1-2H3. The molecular weight excluding hydrogens is 258 g/mol. The first-order chi connectivity index (χ1) is 8.27. The van der Waals surface area contributed by atoms with Gasteiger partial charge in [-0.15, -0.1) is 11.3 Å². The van der Waals surface area contributed by atoms with Gasteiger partial charge in [-0.25, -0.2) is 4.98 Å². The molecule has 0 aromatic carbocycles. The van der Waals surface area contributed by atoms with Crippen molar-refractivity contribution in [2.45, 2.75) is 6.04 Å². The van der Waals surface area contributed by atoms with Crippen LogP contribution in [0.15, 0.2) is 23.8 Å². The van der Waals surface area contributed by atoms with Crippen molar-refractivity contribution < 1.29 is 4.74 Å². The summed E-state index contributed by atoms with van der Waals surface area (Å²) in [6.07, 6.45) is 3.24. The molecule has 0 saturated heterocycles. The van der Waals surface area contributed by atoms with Crippen molar-refractivity contribution in [2.75, 3.05) is 14.2 Å². The quantitative estimate of drug-likeness (QED) is 0.927. The molecule has 2 aromatic heterocycles. The maximum Gasteiger partial charge on any atom is 0.237 e. The number of methoxy groups -OCH3 is 1. The van der Waals surface area contributed by atoms with Crippen LogP contribution in [0.4, 0.5) is 0 Å². The molecule has 0 saturated carbocycles. The molecule has 1 N–H and O–H groups in total. The fourth-order valence-corrected chi connectivity index (χ4v) is 2.87. The van der Waals surface area contributed by atoms with Crippen molar-refractivity contribution in [3.8, 4) is 5.88 Å². The largest absolute Gasteiger partial charge is 0.480 e. The summed E-state index contributed by atoms with van der Waals surface area (Å²) in [7, 11) is 3.44. The van der Waals surface area contributed by atoms with Crippen LogP contribution >= 0.6 is 22.9 Å². The monoisotopic (exact) mass is 269 g/mol. The number of hydrogen-bond acceptors (Lipinski definition) is 5. The van der Waals surface area contributed by atoms with E-state index in [4.69, 9.17) is 16.3 Å². The van der Waals surface area contributed by atoms with Gasteiger partial charge in [-0.1, -0.05) is 11.6 Å². The molecule has 0 fully saturated rings. The zero-order valence-corrected chi connectivity index (χ0v) is 11.0. The second-order valence-electron chi connectivity index (χ2n) is 3.31. The van der Waals surface area contributed by atoms with Crippen molar-refractivity contribution in [3.63, 3.8) is 0 Å². The van der Waals surface area contributed by atoms with Gasteiger partial charge in [0.25, 0.3) is 0 Å². The van der Waals surface area contributed by atoms with E-state index in [9.17, 15) is 0 Å². The molecule has 17 heavy (non-hydrogen) atoms. The fourth-order valence-electron chi connectivity index (χ4n) is 1.59. The number of hydrogen-bond donors (Lipinski definition) is 1. The van der Waals surface area contributed by atoms with E-state index in [1.807, 2.05) is 18.5 Å². The molecule has 90 valence electrons. The lowest BCUT2D eigenvalue weighted by Crippen LogP contribution is -2.19. The van der Waals surface area contributed by atoms with Crippen molar-refractivity contribution in [1.29, 1.82) is 0 Å². The number of nitrogens with zero attached hydrogens (tertiary/aromatic N) is 2. The lowest BCUT2D eigenvalue weighted by molar-refractivity contribution is 0.384. The maximum absolute atomic E-state index is 6.14. The van der Waals surface area contributed by atoms with Crippen LogP contribution in [-0.2, 0) is 0 Å². The molecule has 2 aromatic rings. The van der Waals surface area contributed by atoms with Crippen molar-refractivity contribution in [3.05, 3.63) is 39.4 Å². The Kier molecular flexibility index (Phi) is 3.93. The van der Waals surface area contributed by atoms with Gasteiger partial charge in [0.1, 0.15) is 5.69 Å². The lowest BCUT2D eigenvalue weighted by atomic mass is 10.1. The van der Waals surface area contributed by atoms with Gasteiger partial charge in [-0.2, -0.15) is 0 Å². The van der Waals surface area contributed by atoms with Crippen LogP contribution in [0.3, 0.4) is 0 Å². The van der Waals surface area contributed by atoms with Crippen molar-refractivity contribution in [1.82, 2.24) is 15.3 Å². The summed E-state index contributed by atoms with van der Waals surface area (Å²) in [5.74, 6) is 0.510. The Morgan fingerprint density at radius 3 is 2.76 bits per heavy atom. The number of halogens is 1. The van der Waals surface area contributed by atoms with Gasteiger partial charge in [-0.05, 0) is 18.5 Å². The van der Waals surface area contributed by atoms with Gasteiger partial charge in [0, 0.05) is 17.3 Å². The van der Waals surface area contributed by atoms with E-state index < -0.39 is 0 Å². The second kappa shape index (κ2) is 5.44. The normalized spacial score (nSPS) is 12.4. The van der Waals surface area contributed by atoms with Crippen LogP contribution in [0.5, 0.6) is 5.88 Å². The minimum Gasteiger partial charge on any atom is -0.480 e. The zero-order valence-electron chi connectivity index (χ0n) is 9.48. The third-order valence-electron chi connectivity index (χ3n) is 2.35. The van der Waals surface area contributed by atoms with E-state index in [-0.39, 0.29) is 6.04 Å². The summed E-state index contributed by atoms with van der Waals surface area (Å²) in [6.45, 7) is 0. The fraction of sp³-hybridized carbons (Fsp3) is 0.273. The Bertz CT molecular complexity index is 503. The molecule has 0 aliphatic carbocycles. The van der Waals surface area contributed by atoms with Crippen LogP contribution in [-0.4, -0.2) is 24.1 Å². The Morgan fingerprint density at radius 1 is 1.41 bits per heavy atom. The van der Waals surface area contributed by atoms with Crippen LogP contribution in [0, 0.1) is 0 Å². The highest BCUT2D eigenvalue weighted by Crippen LogP contribution is 2.34. The predicted octanol–water partition coefficient (Wildman–Crippen LogP) is 2.51. The first-order valence-corrected chi connectivity index (χ1v) is 6.28. The molecule has 2 heterocycles. The second-order valence-corrected chi connectivity index (χ2v) is 4.66. The SMILES string of the molecule is CNC(c1nccnc1OC)c1sccc1Cl. The van der Waals surface area contributed by atoms with Gasteiger partial charge in [0.05, 0.1) is 18.2 Å². The van der Waals surface area contributed by atoms with Gasteiger partial charge in [-0.3, -0.25) is 4.98 Å². The zero-order chi connectivity index (χ0) is 12.3. The Morgan fingerprint density at radius 2 is 2.18 bits per heavy atom. The van der Waals surface area contributed by atoms with Gasteiger partial charge in [0.2, 0.25) is 5.88 Å². The van der Waals surface area contributed by atoms with E-state index in [0.29, 0.717) is 5.88 Å². The average Bonchev–Trinajstić information content (AvgIpc) is 2.78. The summed E-state index contributed by atoms with van der Waals surface area (Å²) in [4.78, 5) is 9.47. The van der Waals surface area contributed by atoms with Gasteiger partial charge >= 0.3 is 0 Å². The van der Waals surface area contributed by atoms with E-state index in [1.54, 1.807) is 30.8 Å². The Balaban J connectivity index is 2.46. The molecule has 0 aliphatic rings. The van der Waals surface area contributed by atoms with E-state index >= 15 is 0 Å². The predicted molar refractivity (Wildman–Crippen MR) is 68.8 cm³/mol. The molecule has 6 heteroatoms. The summed E-state index contributed by atoms with van der Waals surface area (Å²) in [5.41, 5.74) is 0.738. The lowest BCUT2D eigenvalue weighted by Gasteiger charge is -2.16. The number of rotatable bonds is 4. The summed E-state index contributed by atoms with van der Waals surface area (Å²) in [5, 5.41) is 5.85. The molecule has 1 unspecified atom stereocenters. The maximum atomic E-state index is 6.14. The highest BCUT2D eigenvalue weighted by molar-refractivity contribution is 7.10. The number of thiophene rings is 1. The first kappa shape index (κ1) is 12.3. The third-order valence-corrected chi connectivity index (χ3v) is 3.78. The Hall–Kier alpha value is -1.17. The first-order valence-electron chi connectivity index (χ1n) is 5.03. The van der Waals surface area contributed by atoms with Crippen LogP contribution < -0.4 is 10.1 Å².